The Bertz CT molecular complexity index is 804. The molecule has 4 rings (SSSR count). The summed E-state index contributed by atoms with van der Waals surface area (Å²) in [5.41, 5.74) is 3.18. The first kappa shape index (κ1) is 16.4. The first-order valence-electron chi connectivity index (χ1n) is 9.07. The highest BCUT2D eigenvalue weighted by Crippen LogP contribution is 2.33. The number of nitrogens with one attached hydrogen (secondary N) is 1. The molecule has 0 saturated carbocycles. The summed E-state index contributed by atoms with van der Waals surface area (Å²) in [6.07, 6.45) is 6.23. The second-order valence-electron chi connectivity index (χ2n) is 7.15. The van der Waals surface area contributed by atoms with E-state index in [1.54, 1.807) is 0 Å². The standard InChI is InChI=1S/C20H25N3O2/c1-22-12-15(20(25)23-9-2-3-10-23)11-17(18(22)13-24)16-6-4-5-14-7-8-21-19(14)16/h4-8,11,15,18,21,24H,2-3,9-10,12-13H2,1H3/t15-,18-/m1/s1. The molecule has 2 aliphatic rings. The summed E-state index contributed by atoms with van der Waals surface area (Å²) in [6.45, 7) is 2.45. The largest absolute Gasteiger partial charge is 0.394 e. The van der Waals surface area contributed by atoms with Gasteiger partial charge in [-0.25, -0.2) is 0 Å². The molecule has 2 atom stereocenters. The number of likely N-dealkylation sites (tertiary alicyclic amines) is 1. The topological polar surface area (TPSA) is 59.6 Å². The molecule has 2 N–H and O–H groups in total. The first-order valence-corrected chi connectivity index (χ1v) is 9.07. The number of aliphatic hydroxyl groups excluding tert-OH is 1. The van der Waals surface area contributed by atoms with E-state index in [9.17, 15) is 9.90 Å². The van der Waals surface area contributed by atoms with Crippen molar-refractivity contribution < 1.29 is 9.90 Å². The minimum atomic E-state index is -0.147. The number of aromatic amines is 1. The van der Waals surface area contributed by atoms with Gasteiger partial charge in [0, 0.05) is 31.4 Å². The number of carbonyl (C=O) groups excluding carboxylic acids is 1. The predicted octanol–water partition coefficient (Wildman–Crippen LogP) is 2.10. The maximum atomic E-state index is 12.9. The van der Waals surface area contributed by atoms with Crippen LogP contribution in [-0.2, 0) is 4.79 Å². The van der Waals surface area contributed by atoms with Gasteiger partial charge in [-0.1, -0.05) is 24.3 Å². The average Bonchev–Trinajstić information content (AvgIpc) is 3.31. The van der Waals surface area contributed by atoms with Gasteiger partial charge in [-0.05, 0) is 36.9 Å². The fraction of sp³-hybridized carbons (Fsp3) is 0.450. The highest BCUT2D eigenvalue weighted by atomic mass is 16.3. The normalized spacial score (nSPS) is 24.7. The SMILES string of the molecule is CN1C[C@H](C(=O)N2CCCC2)C=C(c2cccc3cc[nH]c23)[C@H]1CO. The van der Waals surface area contributed by atoms with E-state index in [4.69, 9.17) is 0 Å². The van der Waals surface area contributed by atoms with Crippen LogP contribution in [-0.4, -0.2) is 65.1 Å². The van der Waals surface area contributed by atoms with Gasteiger partial charge >= 0.3 is 0 Å². The Hall–Kier alpha value is -2.11. The maximum absolute atomic E-state index is 12.9. The lowest BCUT2D eigenvalue weighted by Gasteiger charge is -2.37. The van der Waals surface area contributed by atoms with Crippen molar-refractivity contribution in [1.82, 2.24) is 14.8 Å². The summed E-state index contributed by atoms with van der Waals surface area (Å²) < 4.78 is 0. The Morgan fingerprint density at radius 2 is 2.08 bits per heavy atom. The molecule has 1 amide bonds. The Labute approximate surface area is 147 Å². The van der Waals surface area contributed by atoms with Gasteiger partial charge < -0.3 is 15.0 Å². The number of aromatic nitrogens is 1. The number of nitrogens with zero attached hydrogens (tertiary/aromatic N) is 2. The minimum Gasteiger partial charge on any atom is -0.394 e. The highest BCUT2D eigenvalue weighted by Gasteiger charge is 2.34. The summed E-state index contributed by atoms with van der Waals surface area (Å²) >= 11 is 0. The number of amides is 1. The molecule has 0 unspecified atom stereocenters. The van der Waals surface area contributed by atoms with E-state index in [1.807, 2.05) is 30.3 Å². The molecule has 3 heterocycles. The van der Waals surface area contributed by atoms with Crippen molar-refractivity contribution in [2.45, 2.75) is 18.9 Å². The van der Waals surface area contributed by atoms with Crippen LogP contribution in [0.2, 0.25) is 0 Å². The van der Waals surface area contributed by atoms with Crippen molar-refractivity contribution in [3.05, 3.63) is 42.1 Å². The van der Waals surface area contributed by atoms with Crippen LogP contribution >= 0.6 is 0 Å². The lowest BCUT2D eigenvalue weighted by molar-refractivity contribution is -0.133. The summed E-state index contributed by atoms with van der Waals surface area (Å²) in [4.78, 5) is 20.3. The van der Waals surface area contributed by atoms with Crippen molar-refractivity contribution in [3.8, 4) is 0 Å². The van der Waals surface area contributed by atoms with Crippen LogP contribution in [0.25, 0.3) is 16.5 Å². The summed E-state index contributed by atoms with van der Waals surface area (Å²) in [5.74, 6) is 0.0722. The van der Waals surface area contributed by atoms with Gasteiger partial charge in [0.25, 0.3) is 0 Å². The number of hydrogen-bond acceptors (Lipinski definition) is 3. The molecule has 2 aliphatic heterocycles. The first-order chi connectivity index (χ1) is 12.2. The number of hydrogen-bond donors (Lipinski definition) is 2. The Kier molecular flexibility index (Phi) is 4.36. The summed E-state index contributed by atoms with van der Waals surface area (Å²) in [6, 6.07) is 8.14. The van der Waals surface area contributed by atoms with E-state index in [2.05, 4.69) is 28.1 Å². The minimum absolute atomic E-state index is 0.0457. The molecule has 1 aromatic carbocycles. The van der Waals surface area contributed by atoms with E-state index in [0.717, 1.165) is 48.0 Å². The second kappa shape index (κ2) is 6.65. The lowest BCUT2D eigenvalue weighted by atomic mass is 9.87. The van der Waals surface area contributed by atoms with Crippen molar-refractivity contribution >= 4 is 22.4 Å². The van der Waals surface area contributed by atoms with Crippen LogP contribution in [0.15, 0.2) is 36.5 Å². The zero-order valence-electron chi connectivity index (χ0n) is 14.6. The van der Waals surface area contributed by atoms with Crippen molar-refractivity contribution in [2.24, 2.45) is 5.92 Å². The molecule has 5 nitrogen and oxygen atoms in total. The highest BCUT2D eigenvalue weighted by molar-refractivity contribution is 5.94. The molecule has 1 fully saturated rings. The van der Waals surface area contributed by atoms with E-state index in [1.165, 1.54) is 0 Å². The molecule has 5 heteroatoms. The number of carbonyl (C=O) groups is 1. The summed E-state index contributed by atoms with van der Waals surface area (Å²) in [5, 5.41) is 11.1. The number of aliphatic hydroxyl groups is 1. The van der Waals surface area contributed by atoms with Gasteiger partial charge in [-0.15, -0.1) is 0 Å². The molecule has 0 bridgehead atoms. The number of fused-ring (bicyclic) bond motifs is 1. The van der Waals surface area contributed by atoms with Gasteiger partial charge in [0.2, 0.25) is 5.91 Å². The molecule has 0 radical (unpaired) electrons. The monoisotopic (exact) mass is 339 g/mol. The molecule has 0 spiro atoms. The average molecular weight is 339 g/mol. The quantitative estimate of drug-likeness (QED) is 0.900. The van der Waals surface area contributed by atoms with Crippen molar-refractivity contribution in [3.63, 3.8) is 0 Å². The number of rotatable bonds is 3. The maximum Gasteiger partial charge on any atom is 0.230 e. The molecule has 25 heavy (non-hydrogen) atoms. The number of para-hydroxylation sites is 1. The third-order valence-corrected chi connectivity index (χ3v) is 5.56. The van der Waals surface area contributed by atoms with Gasteiger partial charge in [-0.2, -0.15) is 0 Å². The van der Waals surface area contributed by atoms with Crippen LogP contribution in [0.3, 0.4) is 0 Å². The smallest absolute Gasteiger partial charge is 0.230 e. The van der Waals surface area contributed by atoms with E-state index < -0.39 is 0 Å². The molecule has 0 aliphatic carbocycles. The van der Waals surface area contributed by atoms with Gasteiger partial charge in [0.15, 0.2) is 0 Å². The van der Waals surface area contributed by atoms with Crippen molar-refractivity contribution in [1.29, 1.82) is 0 Å². The number of H-pyrrole nitrogens is 1. The van der Waals surface area contributed by atoms with Crippen LogP contribution in [0.5, 0.6) is 0 Å². The molecule has 1 aromatic heterocycles. The third-order valence-electron chi connectivity index (χ3n) is 5.56. The van der Waals surface area contributed by atoms with E-state index in [0.29, 0.717) is 6.54 Å². The third kappa shape index (κ3) is 2.87. The number of likely N-dealkylation sites (N-methyl/N-ethyl adjacent to an activating group) is 1. The molecule has 1 saturated heterocycles. The van der Waals surface area contributed by atoms with Gasteiger partial charge in [0.1, 0.15) is 0 Å². The van der Waals surface area contributed by atoms with Crippen LogP contribution in [0.1, 0.15) is 18.4 Å². The molecule has 132 valence electrons. The zero-order valence-corrected chi connectivity index (χ0v) is 14.6. The van der Waals surface area contributed by atoms with Crippen molar-refractivity contribution in [2.75, 3.05) is 33.3 Å². The zero-order chi connectivity index (χ0) is 17.4. The van der Waals surface area contributed by atoms with Gasteiger partial charge in [0.05, 0.1) is 24.1 Å². The number of benzene rings is 1. The predicted molar refractivity (Wildman–Crippen MR) is 99.1 cm³/mol. The van der Waals surface area contributed by atoms with E-state index in [-0.39, 0.29) is 24.5 Å². The van der Waals surface area contributed by atoms with Crippen LogP contribution < -0.4 is 0 Å². The fourth-order valence-electron chi connectivity index (χ4n) is 4.21. The Balaban J connectivity index is 1.76. The van der Waals surface area contributed by atoms with Crippen LogP contribution in [0, 0.1) is 5.92 Å². The van der Waals surface area contributed by atoms with Gasteiger partial charge in [-0.3, -0.25) is 9.69 Å². The molecule has 2 aromatic rings. The van der Waals surface area contributed by atoms with E-state index >= 15 is 0 Å². The molecular weight excluding hydrogens is 314 g/mol. The second-order valence-corrected chi connectivity index (χ2v) is 7.15. The fourth-order valence-corrected chi connectivity index (χ4v) is 4.21. The Morgan fingerprint density at radius 3 is 2.84 bits per heavy atom. The lowest BCUT2D eigenvalue weighted by Crippen LogP contribution is -2.47. The molecular formula is C20H25N3O2. The summed E-state index contributed by atoms with van der Waals surface area (Å²) in [7, 11) is 1.99. The van der Waals surface area contributed by atoms with Crippen LogP contribution in [0.4, 0.5) is 0 Å². The Morgan fingerprint density at radius 1 is 1.28 bits per heavy atom.